The summed E-state index contributed by atoms with van der Waals surface area (Å²) in [5.41, 5.74) is 0. The summed E-state index contributed by atoms with van der Waals surface area (Å²) in [7, 11) is -4.54. The molecule has 0 rings (SSSR count). The van der Waals surface area contributed by atoms with Gasteiger partial charge in [0.25, 0.3) is 0 Å². The molecule has 0 bridgehead atoms. The molecule has 0 saturated carbocycles. The van der Waals surface area contributed by atoms with Gasteiger partial charge < -0.3 is 24.6 Å². The molecule has 314 valence electrons. The topological polar surface area (TPSA) is 132 Å². The number of aliphatic hydroxyl groups excluding tert-OH is 2. The highest BCUT2D eigenvalue weighted by atomic mass is 31.2. The van der Waals surface area contributed by atoms with E-state index in [9.17, 15) is 19.4 Å². The van der Waals surface area contributed by atoms with Gasteiger partial charge in [-0.25, -0.2) is 4.57 Å². The summed E-state index contributed by atoms with van der Waals surface area (Å²) in [5.74, 6) is -0.508. The lowest BCUT2D eigenvalue weighted by Gasteiger charge is -2.20. The van der Waals surface area contributed by atoms with Crippen molar-refractivity contribution in [2.45, 2.75) is 180 Å². The van der Waals surface area contributed by atoms with E-state index >= 15 is 0 Å². The van der Waals surface area contributed by atoms with E-state index in [0.29, 0.717) is 13.0 Å². The first-order chi connectivity index (χ1) is 26.3. The Balaban J connectivity index is 4.27. The molecule has 0 aromatic rings. The minimum absolute atomic E-state index is 0.00955. The molecule has 3 atom stereocenters. The van der Waals surface area contributed by atoms with Crippen LogP contribution in [0.1, 0.15) is 168 Å². The highest BCUT2D eigenvalue weighted by Crippen LogP contribution is 2.43. The number of rotatable bonds is 40. The fraction of sp³-hybridized carbons (Fsp3) is 0.750. The summed E-state index contributed by atoms with van der Waals surface area (Å²) in [6.07, 6.45) is 46.4. The van der Waals surface area contributed by atoms with Gasteiger partial charge in [0, 0.05) is 6.61 Å². The largest absolute Gasteiger partial charge is 0.472 e. The molecule has 3 unspecified atom stereocenters. The Morgan fingerprint density at radius 3 is 1.43 bits per heavy atom. The molecule has 0 fully saturated rings. The zero-order chi connectivity index (χ0) is 39.6. The van der Waals surface area contributed by atoms with Gasteiger partial charge in [0.2, 0.25) is 0 Å². The molecule has 0 aliphatic heterocycles. The maximum absolute atomic E-state index is 12.5. The van der Waals surface area contributed by atoms with Gasteiger partial charge in [-0.3, -0.25) is 13.8 Å². The highest BCUT2D eigenvalue weighted by molar-refractivity contribution is 7.47. The van der Waals surface area contributed by atoms with E-state index in [0.717, 1.165) is 44.9 Å². The average Bonchev–Trinajstić information content (AvgIpc) is 3.16. The second-order valence-corrected chi connectivity index (χ2v) is 15.5. The van der Waals surface area contributed by atoms with Crippen molar-refractivity contribution < 1.29 is 43.0 Å². The molecule has 54 heavy (non-hydrogen) atoms. The number of unbranched alkanes of at least 4 members (excludes halogenated alkanes) is 17. The number of carbonyl (C=O) groups excluding carboxylic acids is 1. The van der Waals surface area contributed by atoms with Crippen LogP contribution in [0.25, 0.3) is 0 Å². The Hall–Kier alpha value is -1.84. The lowest BCUT2D eigenvalue weighted by Crippen LogP contribution is -2.28. The van der Waals surface area contributed by atoms with E-state index in [4.69, 9.17) is 23.6 Å². The number of ether oxygens (including phenoxy) is 2. The molecule has 0 amide bonds. The van der Waals surface area contributed by atoms with Crippen LogP contribution in [-0.4, -0.2) is 66.3 Å². The zero-order valence-corrected chi connectivity index (χ0v) is 35.1. The predicted molar refractivity (Wildman–Crippen MR) is 223 cm³/mol. The van der Waals surface area contributed by atoms with E-state index in [-0.39, 0.29) is 13.0 Å². The second-order valence-electron chi connectivity index (χ2n) is 14.0. The van der Waals surface area contributed by atoms with E-state index in [1.54, 1.807) is 6.08 Å². The first-order valence-electron chi connectivity index (χ1n) is 21.3. The van der Waals surface area contributed by atoms with Crippen molar-refractivity contribution in [1.29, 1.82) is 0 Å². The lowest BCUT2D eigenvalue weighted by molar-refractivity contribution is -0.153. The number of hydrogen-bond donors (Lipinski definition) is 3. The monoisotopic (exact) mass is 783 g/mol. The molecule has 10 heteroatoms. The van der Waals surface area contributed by atoms with Gasteiger partial charge in [-0.1, -0.05) is 184 Å². The van der Waals surface area contributed by atoms with Gasteiger partial charge in [-0.05, 0) is 38.5 Å². The van der Waals surface area contributed by atoms with Crippen molar-refractivity contribution in [3.8, 4) is 0 Å². The first kappa shape index (κ1) is 52.2. The lowest BCUT2D eigenvalue weighted by atomic mass is 10.0. The minimum Gasteiger partial charge on any atom is -0.457 e. The van der Waals surface area contributed by atoms with E-state index < -0.39 is 45.8 Å². The molecule has 0 aromatic heterocycles. The van der Waals surface area contributed by atoms with E-state index in [1.165, 1.54) is 96.3 Å². The normalized spacial score (nSPS) is 14.7. The van der Waals surface area contributed by atoms with Gasteiger partial charge in [-0.15, -0.1) is 0 Å². The van der Waals surface area contributed by atoms with Crippen molar-refractivity contribution in [2.24, 2.45) is 0 Å². The van der Waals surface area contributed by atoms with Crippen LogP contribution in [0.15, 0.2) is 60.8 Å². The van der Waals surface area contributed by atoms with Crippen molar-refractivity contribution in [1.82, 2.24) is 0 Å². The van der Waals surface area contributed by atoms with Gasteiger partial charge >= 0.3 is 13.8 Å². The highest BCUT2D eigenvalue weighted by Gasteiger charge is 2.26. The first-order valence-corrected chi connectivity index (χ1v) is 22.8. The number of hydrogen-bond acceptors (Lipinski definition) is 8. The molecular formula is C44H79O9P. The van der Waals surface area contributed by atoms with Crippen molar-refractivity contribution in [3.05, 3.63) is 60.8 Å². The van der Waals surface area contributed by atoms with Crippen LogP contribution in [0.4, 0.5) is 0 Å². The Bertz CT molecular complexity index is 1020. The number of aliphatic hydroxyl groups is 2. The molecule has 0 aliphatic carbocycles. The number of phosphoric ester groups is 1. The molecular weight excluding hydrogens is 703 g/mol. The maximum Gasteiger partial charge on any atom is 0.472 e. The van der Waals surface area contributed by atoms with Crippen LogP contribution < -0.4 is 0 Å². The third-order valence-electron chi connectivity index (χ3n) is 8.75. The smallest absolute Gasteiger partial charge is 0.457 e. The second kappa shape index (κ2) is 40.8. The van der Waals surface area contributed by atoms with Crippen LogP contribution in [-0.2, 0) is 27.9 Å². The maximum atomic E-state index is 12.5. The summed E-state index contributed by atoms with van der Waals surface area (Å²) in [6, 6.07) is 0. The van der Waals surface area contributed by atoms with Gasteiger partial charge in [0.05, 0.1) is 32.8 Å². The molecule has 0 aliphatic rings. The molecule has 3 N–H and O–H groups in total. The average molecular weight is 783 g/mol. The van der Waals surface area contributed by atoms with Crippen LogP contribution in [0.2, 0.25) is 0 Å². The molecule has 0 aromatic carbocycles. The molecule has 9 nitrogen and oxygen atoms in total. The van der Waals surface area contributed by atoms with Crippen LogP contribution >= 0.6 is 7.82 Å². The van der Waals surface area contributed by atoms with Gasteiger partial charge in [0.1, 0.15) is 12.2 Å². The summed E-state index contributed by atoms with van der Waals surface area (Å²) in [4.78, 5) is 22.5. The summed E-state index contributed by atoms with van der Waals surface area (Å²) in [6.45, 7) is 3.28. The zero-order valence-electron chi connectivity index (χ0n) is 34.2. The fourth-order valence-electron chi connectivity index (χ4n) is 5.55. The number of allylic oxidation sites excluding steroid dienone is 9. The summed E-state index contributed by atoms with van der Waals surface area (Å²) in [5, 5.41) is 18.3. The fourth-order valence-corrected chi connectivity index (χ4v) is 6.34. The van der Waals surface area contributed by atoms with E-state index in [1.807, 2.05) is 12.2 Å². The SMILES string of the molecule is CC/C=C\C/C=C\C/C=C\C/C=C\C/C=C\CC(=O)OC(COCCCCCCCCCCCCCCCCCCCC)COP(=O)(O)OCC(O)CO. The van der Waals surface area contributed by atoms with Gasteiger partial charge in [-0.2, -0.15) is 0 Å². The molecule has 0 saturated heterocycles. The Morgan fingerprint density at radius 2 is 0.981 bits per heavy atom. The number of esters is 1. The Labute approximate surface area is 330 Å². The molecule has 0 radical (unpaired) electrons. The van der Waals surface area contributed by atoms with Crippen molar-refractivity contribution in [2.75, 3.05) is 33.0 Å². The van der Waals surface area contributed by atoms with Crippen molar-refractivity contribution in [3.63, 3.8) is 0 Å². The Kier molecular flexibility index (Phi) is 39.4. The predicted octanol–water partition coefficient (Wildman–Crippen LogP) is 11.6. The standard InChI is InChI=1S/C44H79O9P/c1-3-5-7-9-11-13-15-17-19-20-21-23-25-27-29-31-33-35-37-50-40-43(41-52-54(48,49)51-39-42(46)38-45)53-44(47)36-34-32-30-28-26-24-22-18-16-14-12-10-8-6-4-2/h6,8,12,14,18,22,26,28,32,34,42-43,45-46H,3-5,7,9-11,13,15-17,19-21,23-25,27,29-31,33,35-41H2,1-2H3,(H,48,49)/b8-6-,14-12-,22-18-,28-26-,34-32-. The van der Waals surface area contributed by atoms with Crippen LogP contribution in [0, 0.1) is 0 Å². The van der Waals surface area contributed by atoms with E-state index in [2.05, 4.69) is 56.4 Å². The van der Waals surface area contributed by atoms with Crippen molar-refractivity contribution >= 4 is 13.8 Å². The third kappa shape index (κ3) is 39.8. The molecule has 0 heterocycles. The molecule has 0 spiro atoms. The van der Waals surface area contributed by atoms with Crippen LogP contribution in [0.3, 0.4) is 0 Å². The number of carbonyl (C=O) groups is 1. The summed E-state index contributed by atoms with van der Waals surface area (Å²) < 4.78 is 33.2. The summed E-state index contributed by atoms with van der Waals surface area (Å²) >= 11 is 0. The Morgan fingerprint density at radius 1 is 0.574 bits per heavy atom. The minimum atomic E-state index is -4.54. The quantitative estimate of drug-likeness (QED) is 0.0240. The third-order valence-corrected chi connectivity index (χ3v) is 9.70. The van der Waals surface area contributed by atoms with Crippen LogP contribution in [0.5, 0.6) is 0 Å². The number of phosphoric acid groups is 1. The van der Waals surface area contributed by atoms with Gasteiger partial charge in [0.15, 0.2) is 0 Å².